The van der Waals surface area contributed by atoms with Crippen molar-refractivity contribution in [2.45, 2.75) is 28.9 Å². The van der Waals surface area contributed by atoms with Crippen molar-refractivity contribution < 1.29 is 23.2 Å². The van der Waals surface area contributed by atoms with E-state index < -0.39 is 26.4 Å². The molecule has 1 heterocycles. The van der Waals surface area contributed by atoms with Crippen LogP contribution in [0.5, 0.6) is 5.75 Å². The summed E-state index contributed by atoms with van der Waals surface area (Å²) in [4.78, 5) is 12.0. The highest BCUT2D eigenvalue weighted by molar-refractivity contribution is 8.13. The van der Waals surface area contributed by atoms with Gasteiger partial charge in [0, 0.05) is 0 Å². The molecule has 2 unspecified atom stereocenters. The minimum Gasteiger partial charge on any atom is -0.481 e. The highest BCUT2D eigenvalue weighted by Gasteiger charge is 2.40. The molecule has 0 bridgehead atoms. The van der Waals surface area contributed by atoms with Crippen LogP contribution >= 0.6 is 11.8 Å². The largest absolute Gasteiger partial charge is 0.481 e. The number of carbonyl (C=O) groups excluding carboxylic acids is 1. The number of amides is 1. The Morgan fingerprint density at radius 2 is 2.16 bits per heavy atom. The molecule has 2 atom stereocenters. The van der Waals surface area contributed by atoms with E-state index in [-0.39, 0.29) is 11.5 Å². The number of nitrogens with one attached hydrogen (secondary N) is 2. The fraction of sp³-hybridized carbons (Fsp3) is 0.438. The molecule has 1 amide bonds. The zero-order chi connectivity index (χ0) is 18.3. The zero-order valence-electron chi connectivity index (χ0n) is 13.7. The van der Waals surface area contributed by atoms with Crippen molar-refractivity contribution in [3.63, 3.8) is 0 Å². The van der Waals surface area contributed by atoms with Crippen LogP contribution in [0.3, 0.4) is 0 Å². The minimum atomic E-state index is -3.79. The van der Waals surface area contributed by atoms with Crippen molar-refractivity contribution >= 4 is 27.5 Å². The maximum absolute atomic E-state index is 13.0. The second-order valence-corrected chi connectivity index (χ2v) is 8.85. The van der Waals surface area contributed by atoms with Gasteiger partial charge in [0.05, 0.1) is 4.90 Å². The molecule has 2 rings (SSSR count). The molecule has 136 valence electrons. The Kier molecular flexibility index (Phi) is 7.13. The maximum Gasteiger partial charge on any atom is 0.262 e. The number of ether oxygens (including phenoxy) is 1. The van der Waals surface area contributed by atoms with Gasteiger partial charge in [-0.15, -0.1) is 17.7 Å². The van der Waals surface area contributed by atoms with Gasteiger partial charge in [0.15, 0.2) is 9.84 Å². The fourth-order valence-corrected chi connectivity index (χ4v) is 5.98. The molecule has 1 aliphatic rings. The molecule has 3 N–H and O–H groups in total. The lowest BCUT2D eigenvalue weighted by molar-refractivity contribution is -0.131. The van der Waals surface area contributed by atoms with Crippen LogP contribution in [-0.2, 0) is 14.6 Å². The molecule has 0 aliphatic carbocycles. The number of hydrogen-bond acceptors (Lipinski definition) is 7. The van der Waals surface area contributed by atoms with Gasteiger partial charge >= 0.3 is 0 Å². The Morgan fingerprint density at radius 3 is 2.80 bits per heavy atom. The predicted octanol–water partition coefficient (Wildman–Crippen LogP) is 0.789. The number of benzene rings is 1. The molecule has 1 aliphatic heterocycles. The third kappa shape index (κ3) is 4.89. The van der Waals surface area contributed by atoms with E-state index in [2.05, 4.69) is 17.2 Å². The Bertz CT molecular complexity index is 753. The Hall–Kier alpha value is -1.73. The molecule has 0 aromatic heterocycles. The lowest BCUT2D eigenvalue weighted by atomic mass is 10.3. The molecule has 25 heavy (non-hydrogen) atoms. The summed E-state index contributed by atoms with van der Waals surface area (Å²) in [5, 5.41) is 11.8. The Labute approximate surface area is 151 Å². The summed E-state index contributed by atoms with van der Waals surface area (Å²) < 4.78 is 30.3. The molecule has 0 saturated carbocycles. The third-order valence-corrected chi connectivity index (χ3v) is 7.68. The molecule has 1 fully saturated rings. The average Bonchev–Trinajstić information content (AvgIpc) is 2.88. The third-order valence-electron chi connectivity index (χ3n) is 3.58. The van der Waals surface area contributed by atoms with Crippen molar-refractivity contribution in [2.75, 3.05) is 18.9 Å². The van der Waals surface area contributed by atoms with Gasteiger partial charge in [0.2, 0.25) is 0 Å². The molecule has 7 nitrogen and oxygen atoms in total. The number of sulfone groups is 1. The van der Waals surface area contributed by atoms with Gasteiger partial charge in [-0.25, -0.2) is 13.9 Å². The van der Waals surface area contributed by atoms with Gasteiger partial charge < -0.3 is 10.1 Å². The summed E-state index contributed by atoms with van der Waals surface area (Å²) in [5.41, 5.74) is 1.54. The van der Waals surface area contributed by atoms with Crippen molar-refractivity contribution in [3.05, 3.63) is 24.3 Å². The van der Waals surface area contributed by atoms with Gasteiger partial charge in [-0.2, -0.15) is 0 Å². The summed E-state index contributed by atoms with van der Waals surface area (Å²) in [6.07, 6.45) is 0.733. The van der Waals surface area contributed by atoms with E-state index in [1.807, 2.05) is 0 Å². The second-order valence-electron chi connectivity index (χ2n) is 5.23. The first-order valence-corrected chi connectivity index (χ1v) is 10.3. The van der Waals surface area contributed by atoms with Gasteiger partial charge in [-0.05, 0) is 49.9 Å². The van der Waals surface area contributed by atoms with E-state index in [0.717, 1.165) is 6.42 Å². The highest BCUT2D eigenvalue weighted by Crippen LogP contribution is 2.30. The van der Waals surface area contributed by atoms with E-state index in [9.17, 15) is 13.2 Å². The molecule has 1 saturated heterocycles. The van der Waals surface area contributed by atoms with Crippen LogP contribution in [-0.4, -0.2) is 49.1 Å². The molecule has 1 aromatic carbocycles. The molecule has 1 aromatic rings. The first-order valence-electron chi connectivity index (χ1n) is 7.66. The molecule has 0 radical (unpaired) electrons. The first-order chi connectivity index (χ1) is 12.0. The maximum atomic E-state index is 13.0. The SMILES string of the molecule is CC#CCOc1ccc(S(=O)(=O)C2SCCCNC2C(=O)NO)cc1. The number of carbonyl (C=O) groups is 1. The van der Waals surface area contributed by atoms with Crippen LogP contribution in [0.4, 0.5) is 0 Å². The monoisotopic (exact) mass is 384 g/mol. The molecule has 9 heteroatoms. The van der Waals surface area contributed by atoms with Gasteiger partial charge in [-0.1, -0.05) is 5.92 Å². The van der Waals surface area contributed by atoms with Crippen LogP contribution in [0.15, 0.2) is 29.2 Å². The van der Waals surface area contributed by atoms with E-state index >= 15 is 0 Å². The van der Waals surface area contributed by atoms with Crippen molar-refractivity contribution in [3.8, 4) is 17.6 Å². The van der Waals surface area contributed by atoms with Crippen molar-refractivity contribution in [1.82, 2.24) is 10.8 Å². The lowest BCUT2D eigenvalue weighted by Crippen LogP contribution is -2.51. The van der Waals surface area contributed by atoms with Crippen LogP contribution in [0, 0.1) is 11.8 Å². The van der Waals surface area contributed by atoms with Gasteiger partial charge in [-0.3, -0.25) is 10.0 Å². The van der Waals surface area contributed by atoms with Crippen LogP contribution < -0.4 is 15.5 Å². The minimum absolute atomic E-state index is 0.0957. The summed E-state index contributed by atoms with van der Waals surface area (Å²) >= 11 is 1.19. The van der Waals surface area contributed by atoms with Gasteiger partial charge in [0.1, 0.15) is 23.0 Å². The summed E-state index contributed by atoms with van der Waals surface area (Å²) in [6, 6.07) is 4.98. The summed E-state index contributed by atoms with van der Waals surface area (Å²) in [5.74, 6) is 5.81. The predicted molar refractivity (Wildman–Crippen MR) is 95.2 cm³/mol. The number of hydrogen-bond donors (Lipinski definition) is 3. The summed E-state index contributed by atoms with van der Waals surface area (Å²) in [7, 11) is -3.79. The number of thioether (sulfide) groups is 1. The average molecular weight is 384 g/mol. The molecular formula is C16H20N2O5S2. The standard InChI is InChI=1S/C16H20N2O5S2/c1-2-3-10-23-12-5-7-13(8-6-12)25(21,22)16-14(15(19)18-20)17-9-4-11-24-16/h5-8,14,16-17,20H,4,9-11H2,1H3,(H,18,19). The number of rotatable bonds is 5. The Morgan fingerprint density at radius 1 is 1.44 bits per heavy atom. The van der Waals surface area contributed by atoms with E-state index in [1.165, 1.54) is 23.9 Å². The van der Waals surface area contributed by atoms with Crippen LogP contribution in [0.2, 0.25) is 0 Å². The van der Waals surface area contributed by atoms with Gasteiger partial charge in [0.25, 0.3) is 5.91 Å². The zero-order valence-corrected chi connectivity index (χ0v) is 15.3. The lowest BCUT2D eigenvalue weighted by Gasteiger charge is -2.23. The van der Waals surface area contributed by atoms with E-state index in [4.69, 9.17) is 9.94 Å². The second kappa shape index (κ2) is 9.10. The Balaban J connectivity index is 2.24. The summed E-state index contributed by atoms with van der Waals surface area (Å²) in [6.45, 7) is 2.43. The normalized spacial score (nSPS) is 20.7. The van der Waals surface area contributed by atoms with Crippen LogP contribution in [0.1, 0.15) is 13.3 Å². The first kappa shape index (κ1) is 19.6. The van der Waals surface area contributed by atoms with E-state index in [0.29, 0.717) is 18.0 Å². The van der Waals surface area contributed by atoms with Crippen LogP contribution in [0.25, 0.3) is 0 Å². The fourth-order valence-electron chi connectivity index (χ4n) is 2.33. The quantitative estimate of drug-likeness (QED) is 0.392. The molecule has 0 spiro atoms. The topological polar surface area (TPSA) is 105 Å². The van der Waals surface area contributed by atoms with Crippen molar-refractivity contribution in [2.24, 2.45) is 0 Å². The number of hydroxylamine groups is 1. The molecular weight excluding hydrogens is 364 g/mol. The smallest absolute Gasteiger partial charge is 0.262 e. The van der Waals surface area contributed by atoms with E-state index in [1.54, 1.807) is 24.5 Å². The highest BCUT2D eigenvalue weighted by atomic mass is 32.3. The van der Waals surface area contributed by atoms with Crippen molar-refractivity contribution in [1.29, 1.82) is 0 Å².